The minimum atomic E-state index is -0.927. The Morgan fingerprint density at radius 3 is 2.37 bits per heavy atom. The van der Waals surface area contributed by atoms with Crippen molar-refractivity contribution in [2.45, 2.75) is 6.04 Å². The van der Waals surface area contributed by atoms with Crippen molar-refractivity contribution < 1.29 is 13.5 Å². The Hall–Kier alpha value is -1.46. The molecule has 0 amide bonds. The van der Waals surface area contributed by atoms with E-state index in [4.69, 9.17) is 10.5 Å². The Morgan fingerprint density at radius 1 is 1.16 bits per heavy atom. The maximum absolute atomic E-state index is 13.7. The number of nitrogens with two attached hydrogens (primary N) is 1. The first kappa shape index (κ1) is 14.0. The zero-order chi connectivity index (χ0) is 14.0. The van der Waals surface area contributed by atoms with Crippen LogP contribution < -0.4 is 10.5 Å². The van der Waals surface area contributed by atoms with Crippen LogP contribution in [0.3, 0.4) is 0 Å². The Balaban J connectivity index is 2.53. The summed E-state index contributed by atoms with van der Waals surface area (Å²) in [6.07, 6.45) is 0. The molecule has 2 aromatic rings. The van der Waals surface area contributed by atoms with Crippen LogP contribution in [0.2, 0.25) is 0 Å². The van der Waals surface area contributed by atoms with Crippen LogP contribution in [0.4, 0.5) is 8.78 Å². The lowest BCUT2D eigenvalue weighted by molar-refractivity contribution is 0.406. The van der Waals surface area contributed by atoms with E-state index < -0.39 is 17.7 Å². The molecule has 0 aliphatic rings. The number of methoxy groups -OCH3 is 1. The second-order valence-electron chi connectivity index (χ2n) is 4.00. The summed E-state index contributed by atoms with van der Waals surface area (Å²) in [6.45, 7) is 0. The molecule has 0 aliphatic carbocycles. The fourth-order valence-corrected chi connectivity index (χ4v) is 2.25. The van der Waals surface area contributed by atoms with Gasteiger partial charge in [0.1, 0.15) is 17.4 Å². The van der Waals surface area contributed by atoms with Gasteiger partial charge in [-0.2, -0.15) is 0 Å². The second-order valence-corrected chi connectivity index (χ2v) is 4.91. The molecule has 100 valence electrons. The predicted octanol–water partition coefficient (Wildman–Crippen LogP) is 3.78. The summed E-state index contributed by atoms with van der Waals surface area (Å²) >= 11 is 3.30. The highest BCUT2D eigenvalue weighted by atomic mass is 79.9. The van der Waals surface area contributed by atoms with Crippen LogP contribution in [0.5, 0.6) is 5.75 Å². The van der Waals surface area contributed by atoms with Crippen LogP contribution in [0, 0.1) is 11.6 Å². The minimum Gasteiger partial charge on any atom is -0.496 e. The summed E-state index contributed by atoms with van der Waals surface area (Å²) < 4.78 is 33.5. The molecule has 1 unspecified atom stereocenters. The van der Waals surface area contributed by atoms with Gasteiger partial charge >= 0.3 is 0 Å². The molecule has 0 aromatic heterocycles. The quantitative estimate of drug-likeness (QED) is 0.931. The van der Waals surface area contributed by atoms with E-state index >= 15 is 0 Å². The molecule has 0 spiro atoms. The summed E-state index contributed by atoms with van der Waals surface area (Å²) in [5, 5.41) is 0. The van der Waals surface area contributed by atoms with Crippen LogP contribution >= 0.6 is 15.9 Å². The highest BCUT2D eigenvalue weighted by Gasteiger charge is 2.21. The summed E-state index contributed by atoms with van der Waals surface area (Å²) in [5.41, 5.74) is 6.33. The van der Waals surface area contributed by atoms with Gasteiger partial charge in [-0.1, -0.05) is 28.1 Å². The van der Waals surface area contributed by atoms with Gasteiger partial charge in [-0.25, -0.2) is 8.78 Å². The lowest BCUT2D eigenvalue weighted by atomic mass is 9.98. The van der Waals surface area contributed by atoms with Gasteiger partial charge in [0.05, 0.1) is 13.2 Å². The topological polar surface area (TPSA) is 35.2 Å². The standard InChI is InChI=1S/C14H12BrF2NO/c1-19-12-7-8(15)5-6-9(12)14(18)13-10(16)3-2-4-11(13)17/h2-7,14H,18H2,1H3. The molecule has 2 N–H and O–H groups in total. The third kappa shape index (κ3) is 2.77. The zero-order valence-corrected chi connectivity index (χ0v) is 11.7. The van der Waals surface area contributed by atoms with Gasteiger partial charge in [-0.3, -0.25) is 0 Å². The highest BCUT2D eigenvalue weighted by molar-refractivity contribution is 9.10. The molecule has 0 bridgehead atoms. The third-order valence-electron chi connectivity index (χ3n) is 2.84. The van der Waals surface area contributed by atoms with Gasteiger partial charge in [-0.05, 0) is 24.3 Å². The molecule has 5 heteroatoms. The highest BCUT2D eigenvalue weighted by Crippen LogP contribution is 2.32. The monoisotopic (exact) mass is 327 g/mol. The van der Waals surface area contributed by atoms with Crippen molar-refractivity contribution in [1.29, 1.82) is 0 Å². The van der Waals surface area contributed by atoms with E-state index in [0.29, 0.717) is 11.3 Å². The van der Waals surface area contributed by atoms with Crippen LogP contribution in [0.25, 0.3) is 0 Å². The average molecular weight is 328 g/mol. The summed E-state index contributed by atoms with van der Waals surface area (Å²) in [7, 11) is 1.48. The molecule has 0 heterocycles. The molecule has 0 saturated heterocycles. The van der Waals surface area contributed by atoms with Crippen molar-refractivity contribution in [3.05, 3.63) is 63.6 Å². The lowest BCUT2D eigenvalue weighted by Gasteiger charge is -2.17. The molecule has 0 aliphatic heterocycles. The molecule has 2 rings (SSSR count). The summed E-state index contributed by atoms with van der Waals surface area (Å²) in [6, 6.07) is 7.88. The molecule has 2 nitrogen and oxygen atoms in total. The van der Waals surface area contributed by atoms with E-state index in [1.165, 1.54) is 25.3 Å². The van der Waals surface area contributed by atoms with Crippen molar-refractivity contribution >= 4 is 15.9 Å². The molecular weight excluding hydrogens is 316 g/mol. The molecule has 1 atom stereocenters. The van der Waals surface area contributed by atoms with Crippen LogP contribution in [-0.2, 0) is 0 Å². The number of hydrogen-bond donors (Lipinski definition) is 1. The van der Waals surface area contributed by atoms with Crippen molar-refractivity contribution in [3.8, 4) is 5.75 Å². The van der Waals surface area contributed by atoms with Crippen LogP contribution in [0.1, 0.15) is 17.2 Å². The first-order valence-corrected chi connectivity index (χ1v) is 6.37. The van der Waals surface area contributed by atoms with Gasteiger partial charge in [0.2, 0.25) is 0 Å². The molecular formula is C14H12BrF2NO. The van der Waals surface area contributed by atoms with E-state index in [9.17, 15) is 8.78 Å². The number of benzene rings is 2. The van der Waals surface area contributed by atoms with Gasteiger partial charge in [0.15, 0.2) is 0 Å². The van der Waals surface area contributed by atoms with Gasteiger partial charge in [0, 0.05) is 15.6 Å². The predicted molar refractivity (Wildman–Crippen MR) is 73.1 cm³/mol. The van der Waals surface area contributed by atoms with E-state index in [1.807, 2.05) is 0 Å². The molecule has 0 radical (unpaired) electrons. The van der Waals surface area contributed by atoms with E-state index in [-0.39, 0.29) is 5.56 Å². The maximum atomic E-state index is 13.7. The Kier molecular flexibility index (Phi) is 4.17. The lowest BCUT2D eigenvalue weighted by Crippen LogP contribution is -2.16. The fourth-order valence-electron chi connectivity index (χ4n) is 1.91. The molecule has 2 aromatic carbocycles. The van der Waals surface area contributed by atoms with E-state index in [1.54, 1.807) is 18.2 Å². The van der Waals surface area contributed by atoms with Gasteiger partial charge in [-0.15, -0.1) is 0 Å². The second kappa shape index (κ2) is 5.67. The van der Waals surface area contributed by atoms with Crippen molar-refractivity contribution in [1.82, 2.24) is 0 Å². The SMILES string of the molecule is COc1cc(Br)ccc1C(N)c1c(F)cccc1F. The van der Waals surface area contributed by atoms with Crippen molar-refractivity contribution in [2.24, 2.45) is 5.73 Å². The Bertz CT molecular complexity index is 584. The zero-order valence-electron chi connectivity index (χ0n) is 10.2. The van der Waals surface area contributed by atoms with Gasteiger partial charge < -0.3 is 10.5 Å². The Morgan fingerprint density at radius 2 is 1.79 bits per heavy atom. The third-order valence-corrected chi connectivity index (χ3v) is 3.33. The van der Waals surface area contributed by atoms with E-state index in [2.05, 4.69) is 15.9 Å². The first-order valence-electron chi connectivity index (χ1n) is 5.57. The normalized spacial score (nSPS) is 12.3. The molecule has 0 saturated carbocycles. The average Bonchev–Trinajstić information content (AvgIpc) is 2.38. The number of ether oxygens (including phenoxy) is 1. The van der Waals surface area contributed by atoms with Crippen molar-refractivity contribution in [2.75, 3.05) is 7.11 Å². The van der Waals surface area contributed by atoms with Crippen LogP contribution in [-0.4, -0.2) is 7.11 Å². The number of hydrogen-bond acceptors (Lipinski definition) is 2. The largest absolute Gasteiger partial charge is 0.496 e. The maximum Gasteiger partial charge on any atom is 0.131 e. The summed E-state index contributed by atoms with van der Waals surface area (Å²) in [4.78, 5) is 0. The number of halogens is 3. The Labute approximate surface area is 118 Å². The number of rotatable bonds is 3. The van der Waals surface area contributed by atoms with Crippen molar-refractivity contribution in [3.63, 3.8) is 0 Å². The molecule has 0 fully saturated rings. The smallest absolute Gasteiger partial charge is 0.131 e. The van der Waals surface area contributed by atoms with Crippen LogP contribution in [0.15, 0.2) is 40.9 Å². The molecule has 19 heavy (non-hydrogen) atoms. The minimum absolute atomic E-state index is 0.164. The van der Waals surface area contributed by atoms with Gasteiger partial charge in [0.25, 0.3) is 0 Å². The van der Waals surface area contributed by atoms with E-state index in [0.717, 1.165) is 4.47 Å². The first-order chi connectivity index (χ1) is 9.04. The summed E-state index contributed by atoms with van der Waals surface area (Å²) in [5.74, 6) is -0.862. The fraction of sp³-hybridized carbons (Fsp3) is 0.143.